The lowest BCUT2D eigenvalue weighted by Gasteiger charge is -2.06. The normalized spacial score (nSPS) is 10.9. The molecule has 3 rings (SSSR count). The second-order valence-corrected chi connectivity index (χ2v) is 4.73. The fourth-order valence-corrected chi connectivity index (χ4v) is 2.06. The Morgan fingerprint density at radius 2 is 2.15 bits per heavy atom. The van der Waals surface area contributed by atoms with Crippen molar-refractivity contribution < 1.29 is 4.74 Å². The van der Waals surface area contributed by atoms with Crippen LogP contribution in [0.3, 0.4) is 0 Å². The van der Waals surface area contributed by atoms with Gasteiger partial charge in [-0.1, -0.05) is 30.7 Å². The molecule has 0 amide bonds. The Morgan fingerprint density at radius 3 is 3.00 bits per heavy atom. The monoisotopic (exact) mass is 288 g/mol. The van der Waals surface area contributed by atoms with E-state index in [9.17, 15) is 0 Å². The van der Waals surface area contributed by atoms with Gasteiger partial charge in [-0.3, -0.25) is 4.40 Å². The van der Waals surface area contributed by atoms with Gasteiger partial charge in [0, 0.05) is 11.6 Å². The molecule has 6 heteroatoms. The average molecular weight is 289 g/mol. The van der Waals surface area contributed by atoms with Crippen LogP contribution < -0.4 is 4.74 Å². The van der Waals surface area contributed by atoms with E-state index in [-0.39, 0.29) is 0 Å². The summed E-state index contributed by atoms with van der Waals surface area (Å²) < 4.78 is 7.43. The Morgan fingerprint density at radius 1 is 1.25 bits per heavy atom. The Bertz CT molecular complexity index is 741. The zero-order valence-corrected chi connectivity index (χ0v) is 11.7. The van der Waals surface area contributed by atoms with Crippen LogP contribution in [0.25, 0.3) is 17.0 Å². The number of hydrogen-bond donors (Lipinski definition) is 0. The Kier molecular flexibility index (Phi) is 3.52. The van der Waals surface area contributed by atoms with Gasteiger partial charge in [-0.15, -0.1) is 10.2 Å². The third-order valence-corrected chi connectivity index (χ3v) is 3.04. The molecule has 102 valence electrons. The van der Waals surface area contributed by atoms with Crippen molar-refractivity contribution in [2.24, 2.45) is 0 Å². The van der Waals surface area contributed by atoms with Crippen LogP contribution in [0.5, 0.6) is 5.75 Å². The van der Waals surface area contributed by atoms with Gasteiger partial charge in [0.05, 0.1) is 6.61 Å². The molecule has 0 spiro atoms. The Balaban J connectivity index is 2.02. The Hall–Kier alpha value is -2.14. The lowest BCUT2D eigenvalue weighted by Crippen LogP contribution is -1.96. The van der Waals surface area contributed by atoms with Crippen molar-refractivity contribution >= 4 is 17.2 Å². The highest BCUT2D eigenvalue weighted by Gasteiger charge is 2.09. The first-order valence-electron chi connectivity index (χ1n) is 6.37. The van der Waals surface area contributed by atoms with Gasteiger partial charge in [-0.05, 0) is 18.6 Å². The third kappa shape index (κ3) is 2.44. The molecular formula is C14H13ClN4O. The van der Waals surface area contributed by atoms with E-state index < -0.39 is 0 Å². The summed E-state index contributed by atoms with van der Waals surface area (Å²) in [6.45, 7) is 2.77. The topological polar surface area (TPSA) is 52.3 Å². The predicted octanol–water partition coefficient (Wildman–Crippen LogP) is 3.23. The van der Waals surface area contributed by atoms with Gasteiger partial charge >= 0.3 is 0 Å². The predicted molar refractivity (Wildman–Crippen MR) is 77.0 cm³/mol. The van der Waals surface area contributed by atoms with Crippen molar-refractivity contribution in [2.45, 2.75) is 13.3 Å². The van der Waals surface area contributed by atoms with Crippen LogP contribution in [-0.4, -0.2) is 26.2 Å². The van der Waals surface area contributed by atoms with Crippen molar-refractivity contribution in [1.29, 1.82) is 0 Å². The molecule has 0 bridgehead atoms. The zero-order valence-electron chi connectivity index (χ0n) is 11.0. The SMILES string of the molecule is CCCOc1cccc(-c2nnc3cc(Cl)ncn23)c1. The van der Waals surface area contributed by atoms with Crippen molar-refractivity contribution in [3.05, 3.63) is 41.8 Å². The van der Waals surface area contributed by atoms with Crippen LogP contribution >= 0.6 is 11.6 Å². The van der Waals surface area contributed by atoms with E-state index in [1.54, 1.807) is 16.8 Å². The van der Waals surface area contributed by atoms with E-state index in [0.29, 0.717) is 23.2 Å². The standard InChI is InChI=1S/C14H13ClN4O/c1-2-6-20-11-5-3-4-10(7-11)14-18-17-13-8-12(15)16-9-19(13)14/h3-5,7-9H,2,6H2,1H3. The summed E-state index contributed by atoms with van der Waals surface area (Å²) in [6, 6.07) is 9.45. The average Bonchev–Trinajstić information content (AvgIpc) is 2.88. The number of nitrogens with zero attached hydrogens (tertiary/aromatic N) is 4. The van der Waals surface area contributed by atoms with E-state index in [0.717, 1.165) is 17.7 Å². The molecule has 0 radical (unpaired) electrons. The fraction of sp³-hybridized carbons (Fsp3) is 0.214. The van der Waals surface area contributed by atoms with E-state index >= 15 is 0 Å². The van der Waals surface area contributed by atoms with Gasteiger partial charge in [0.25, 0.3) is 0 Å². The molecular weight excluding hydrogens is 276 g/mol. The number of hydrogen-bond acceptors (Lipinski definition) is 4. The highest BCUT2D eigenvalue weighted by molar-refractivity contribution is 6.29. The smallest absolute Gasteiger partial charge is 0.169 e. The summed E-state index contributed by atoms with van der Waals surface area (Å²) in [7, 11) is 0. The number of halogens is 1. The van der Waals surface area contributed by atoms with Gasteiger partial charge in [0.15, 0.2) is 11.5 Å². The maximum absolute atomic E-state index is 5.84. The summed E-state index contributed by atoms with van der Waals surface area (Å²) in [4.78, 5) is 4.05. The van der Waals surface area contributed by atoms with Crippen LogP contribution in [-0.2, 0) is 0 Å². The third-order valence-electron chi connectivity index (χ3n) is 2.83. The maximum atomic E-state index is 5.84. The van der Waals surface area contributed by atoms with Crippen molar-refractivity contribution in [3.8, 4) is 17.1 Å². The quantitative estimate of drug-likeness (QED) is 0.692. The molecule has 0 N–H and O–H groups in total. The minimum Gasteiger partial charge on any atom is -0.494 e. The van der Waals surface area contributed by atoms with Crippen LogP contribution in [0.15, 0.2) is 36.7 Å². The molecule has 1 aromatic carbocycles. The fourth-order valence-electron chi connectivity index (χ4n) is 1.91. The van der Waals surface area contributed by atoms with E-state index in [2.05, 4.69) is 22.1 Å². The van der Waals surface area contributed by atoms with Gasteiger partial charge in [0.1, 0.15) is 17.2 Å². The summed E-state index contributed by atoms with van der Waals surface area (Å²) in [5.41, 5.74) is 1.59. The van der Waals surface area contributed by atoms with Crippen molar-refractivity contribution in [3.63, 3.8) is 0 Å². The summed E-state index contributed by atoms with van der Waals surface area (Å²) in [5, 5.41) is 8.68. The molecule has 0 atom stereocenters. The minimum atomic E-state index is 0.400. The molecule has 0 unspecified atom stereocenters. The molecule has 2 aromatic heterocycles. The first kappa shape index (κ1) is 12.9. The van der Waals surface area contributed by atoms with Crippen LogP contribution in [0, 0.1) is 0 Å². The molecule has 2 heterocycles. The number of rotatable bonds is 4. The van der Waals surface area contributed by atoms with Gasteiger partial charge in [0.2, 0.25) is 0 Å². The lowest BCUT2D eigenvalue weighted by atomic mass is 10.2. The van der Waals surface area contributed by atoms with Gasteiger partial charge in [-0.2, -0.15) is 0 Å². The second-order valence-electron chi connectivity index (χ2n) is 4.34. The summed E-state index contributed by atoms with van der Waals surface area (Å²) in [5.74, 6) is 1.54. The first-order chi connectivity index (χ1) is 9.78. The van der Waals surface area contributed by atoms with E-state index in [1.165, 1.54) is 0 Å². The Labute approximate surface area is 121 Å². The van der Waals surface area contributed by atoms with Gasteiger partial charge < -0.3 is 4.74 Å². The second kappa shape index (κ2) is 5.46. The number of benzene rings is 1. The maximum Gasteiger partial charge on any atom is 0.169 e. The van der Waals surface area contributed by atoms with Crippen LogP contribution in [0.1, 0.15) is 13.3 Å². The van der Waals surface area contributed by atoms with E-state index in [4.69, 9.17) is 16.3 Å². The molecule has 0 fully saturated rings. The summed E-state index contributed by atoms with van der Waals surface area (Å²) >= 11 is 5.84. The highest BCUT2D eigenvalue weighted by atomic mass is 35.5. The highest BCUT2D eigenvalue weighted by Crippen LogP contribution is 2.23. The lowest BCUT2D eigenvalue weighted by molar-refractivity contribution is 0.317. The summed E-state index contributed by atoms with van der Waals surface area (Å²) in [6.07, 6.45) is 2.59. The molecule has 3 aromatic rings. The number of ether oxygens (including phenoxy) is 1. The molecule has 5 nitrogen and oxygen atoms in total. The molecule has 20 heavy (non-hydrogen) atoms. The first-order valence-corrected chi connectivity index (χ1v) is 6.75. The molecule has 0 saturated carbocycles. The largest absolute Gasteiger partial charge is 0.494 e. The van der Waals surface area contributed by atoms with Gasteiger partial charge in [-0.25, -0.2) is 4.98 Å². The number of fused-ring (bicyclic) bond motifs is 1. The molecule has 0 aliphatic carbocycles. The van der Waals surface area contributed by atoms with Crippen molar-refractivity contribution in [1.82, 2.24) is 19.6 Å². The minimum absolute atomic E-state index is 0.400. The number of aromatic nitrogens is 4. The molecule has 0 aliphatic heterocycles. The molecule has 0 aliphatic rings. The van der Waals surface area contributed by atoms with E-state index in [1.807, 2.05) is 24.3 Å². The van der Waals surface area contributed by atoms with Crippen molar-refractivity contribution in [2.75, 3.05) is 6.61 Å². The zero-order chi connectivity index (χ0) is 13.9. The molecule has 0 saturated heterocycles. The van der Waals surface area contributed by atoms with Crippen LogP contribution in [0.4, 0.5) is 0 Å². The van der Waals surface area contributed by atoms with Crippen LogP contribution in [0.2, 0.25) is 5.15 Å².